The van der Waals surface area contributed by atoms with E-state index in [0.29, 0.717) is 12.5 Å². The largest absolute Gasteiger partial charge is 0.493 e. The first-order valence-electron chi connectivity index (χ1n) is 8.10. The first-order valence-corrected chi connectivity index (χ1v) is 9.04. The Balaban J connectivity index is 1.82. The van der Waals surface area contributed by atoms with Crippen LogP contribution in [-0.4, -0.2) is 24.2 Å². The van der Waals surface area contributed by atoms with Crippen molar-refractivity contribution in [1.82, 2.24) is 5.32 Å². The van der Waals surface area contributed by atoms with Gasteiger partial charge < -0.3 is 15.2 Å². The Hall–Kier alpha value is -1.85. The Morgan fingerprint density at radius 1 is 1.29 bits per heavy atom. The van der Waals surface area contributed by atoms with Crippen molar-refractivity contribution in [1.29, 1.82) is 0 Å². The van der Waals surface area contributed by atoms with E-state index < -0.39 is 5.60 Å². The number of thiophene rings is 1. The minimum Gasteiger partial charge on any atom is -0.493 e. The van der Waals surface area contributed by atoms with Crippen LogP contribution in [0.15, 0.2) is 41.1 Å². The molecule has 0 bridgehead atoms. The molecule has 24 heavy (non-hydrogen) atoms. The molecule has 0 aliphatic heterocycles. The molecule has 1 aromatic carbocycles. The van der Waals surface area contributed by atoms with E-state index >= 15 is 0 Å². The number of benzene rings is 1. The molecule has 0 fully saturated rings. The topological polar surface area (TPSA) is 58.6 Å². The van der Waals surface area contributed by atoms with Crippen molar-refractivity contribution >= 4 is 17.2 Å². The summed E-state index contributed by atoms with van der Waals surface area (Å²) in [7, 11) is 0. The molecule has 0 spiro atoms. The summed E-state index contributed by atoms with van der Waals surface area (Å²) in [5.41, 5.74) is 0.684. The van der Waals surface area contributed by atoms with Gasteiger partial charge in [-0.15, -0.1) is 0 Å². The molecule has 2 rings (SSSR count). The molecule has 2 N–H and O–H groups in total. The lowest BCUT2D eigenvalue weighted by molar-refractivity contribution is -0.121. The van der Waals surface area contributed by atoms with Gasteiger partial charge in [0.15, 0.2) is 0 Å². The van der Waals surface area contributed by atoms with Crippen LogP contribution in [0.4, 0.5) is 0 Å². The van der Waals surface area contributed by atoms with Crippen LogP contribution in [0, 0.1) is 5.92 Å². The smallest absolute Gasteiger partial charge is 0.224 e. The SMILES string of the molecule is CC(C)COc1ccc(CC(=O)NCC(C)(O)c2ccsc2)cc1. The van der Waals surface area contributed by atoms with Gasteiger partial charge in [-0.05, 0) is 52.9 Å². The van der Waals surface area contributed by atoms with Gasteiger partial charge in [0.25, 0.3) is 0 Å². The fraction of sp³-hybridized carbons (Fsp3) is 0.421. The predicted octanol–water partition coefficient (Wildman–Crippen LogP) is 3.35. The van der Waals surface area contributed by atoms with Crippen molar-refractivity contribution in [3.05, 3.63) is 52.2 Å². The zero-order valence-corrected chi connectivity index (χ0v) is 15.2. The first kappa shape index (κ1) is 18.5. The highest BCUT2D eigenvalue weighted by atomic mass is 32.1. The predicted molar refractivity (Wildman–Crippen MR) is 97.4 cm³/mol. The fourth-order valence-corrected chi connectivity index (χ4v) is 2.94. The highest BCUT2D eigenvalue weighted by molar-refractivity contribution is 7.08. The van der Waals surface area contributed by atoms with Crippen LogP contribution >= 0.6 is 11.3 Å². The number of hydrogen-bond donors (Lipinski definition) is 2. The van der Waals surface area contributed by atoms with Gasteiger partial charge in [-0.25, -0.2) is 0 Å². The van der Waals surface area contributed by atoms with Gasteiger partial charge in [0.1, 0.15) is 11.4 Å². The summed E-state index contributed by atoms with van der Waals surface area (Å²) in [6.07, 6.45) is 0.282. The lowest BCUT2D eigenvalue weighted by Crippen LogP contribution is -2.39. The maximum atomic E-state index is 12.1. The summed E-state index contributed by atoms with van der Waals surface area (Å²) in [6, 6.07) is 9.42. The maximum Gasteiger partial charge on any atom is 0.224 e. The minimum absolute atomic E-state index is 0.110. The Labute approximate surface area is 147 Å². The number of hydrogen-bond acceptors (Lipinski definition) is 4. The molecule has 0 radical (unpaired) electrons. The second kappa shape index (κ2) is 8.31. The highest BCUT2D eigenvalue weighted by Gasteiger charge is 2.24. The Bertz CT molecular complexity index is 633. The quantitative estimate of drug-likeness (QED) is 0.770. The third kappa shape index (κ3) is 5.65. The van der Waals surface area contributed by atoms with E-state index in [9.17, 15) is 9.90 Å². The second-order valence-electron chi connectivity index (χ2n) is 6.59. The van der Waals surface area contributed by atoms with Gasteiger partial charge in [0, 0.05) is 0 Å². The second-order valence-corrected chi connectivity index (χ2v) is 7.37. The van der Waals surface area contributed by atoms with E-state index in [1.807, 2.05) is 41.1 Å². The van der Waals surface area contributed by atoms with Crippen LogP contribution in [-0.2, 0) is 16.8 Å². The maximum absolute atomic E-state index is 12.1. The summed E-state index contributed by atoms with van der Waals surface area (Å²) in [4.78, 5) is 12.1. The molecule has 0 aliphatic rings. The van der Waals surface area contributed by atoms with E-state index in [0.717, 1.165) is 16.9 Å². The molecule has 4 nitrogen and oxygen atoms in total. The van der Waals surface area contributed by atoms with Crippen LogP contribution in [0.25, 0.3) is 0 Å². The van der Waals surface area contributed by atoms with Crippen LogP contribution in [0.5, 0.6) is 5.75 Å². The molecule has 1 amide bonds. The van der Waals surface area contributed by atoms with Crippen molar-refractivity contribution in [2.45, 2.75) is 32.8 Å². The first-order chi connectivity index (χ1) is 11.4. The van der Waals surface area contributed by atoms with Crippen molar-refractivity contribution in [2.24, 2.45) is 5.92 Å². The van der Waals surface area contributed by atoms with Gasteiger partial charge in [-0.2, -0.15) is 11.3 Å². The van der Waals surface area contributed by atoms with Gasteiger partial charge in [0.05, 0.1) is 19.6 Å². The van der Waals surface area contributed by atoms with Crippen LogP contribution in [0.3, 0.4) is 0 Å². The number of rotatable bonds is 8. The Kier molecular flexibility index (Phi) is 6.40. The number of carbonyl (C=O) groups excluding carboxylic acids is 1. The molecule has 2 aromatic rings. The van der Waals surface area contributed by atoms with E-state index in [1.165, 1.54) is 11.3 Å². The van der Waals surface area contributed by atoms with E-state index in [4.69, 9.17) is 4.74 Å². The Morgan fingerprint density at radius 2 is 2.00 bits per heavy atom. The van der Waals surface area contributed by atoms with Crippen molar-refractivity contribution in [3.63, 3.8) is 0 Å². The molecule has 0 saturated carbocycles. The molecule has 1 atom stereocenters. The average Bonchev–Trinajstić information content (AvgIpc) is 3.08. The van der Waals surface area contributed by atoms with Crippen molar-refractivity contribution < 1.29 is 14.6 Å². The van der Waals surface area contributed by atoms with Crippen LogP contribution in [0.2, 0.25) is 0 Å². The van der Waals surface area contributed by atoms with Gasteiger partial charge in [-0.3, -0.25) is 4.79 Å². The number of ether oxygens (including phenoxy) is 1. The molecule has 0 saturated heterocycles. The van der Waals surface area contributed by atoms with E-state index in [-0.39, 0.29) is 18.9 Å². The molecule has 1 aromatic heterocycles. The number of amides is 1. The lowest BCUT2D eigenvalue weighted by Gasteiger charge is -2.22. The summed E-state index contributed by atoms with van der Waals surface area (Å²) in [5, 5.41) is 17.0. The number of carbonyl (C=O) groups is 1. The average molecular weight is 347 g/mol. The molecule has 1 unspecified atom stereocenters. The fourth-order valence-electron chi connectivity index (χ4n) is 2.16. The minimum atomic E-state index is -1.05. The monoisotopic (exact) mass is 347 g/mol. The molecule has 5 heteroatoms. The van der Waals surface area contributed by atoms with E-state index in [1.54, 1.807) is 6.92 Å². The number of nitrogens with one attached hydrogen (secondary N) is 1. The summed E-state index contributed by atoms with van der Waals surface area (Å²) >= 11 is 1.53. The van der Waals surface area contributed by atoms with Gasteiger partial charge >= 0.3 is 0 Å². The molecule has 0 aliphatic carbocycles. The van der Waals surface area contributed by atoms with Crippen LogP contribution < -0.4 is 10.1 Å². The zero-order valence-electron chi connectivity index (χ0n) is 14.4. The third-order valence-corrected chi connectivity index (χ3v) is 4.33. The third-order valence-electron chi connectivity index (χ3n) is 3.64. The summed E-state index contributed by atoms with van der Waals surface area (Å²) < 4.78 is 5.63. The van der Waals surface area contributed by atoms with E-state index in [2.05, 4.69) is 19.2 Å². The zero-order chi connectivity index (χ0) is 17.6. The van der Waals surface area contributed by atoms with Gasteiger partial charge in [0.2, 0.25) is 5.91 Å². The number of aliphatic hydroxyl groups is 1. The molecular formula is C19H25NO3S. The van der Waals surface area contributed by atoms with Gasteiger partial charge in [-0.1, -0.05) is 26.0 Å². The molecular weight excluding hydrogens is 322 g/mol. The van der Waals surface area contributed by atoms with Crippen molar-refractivity contribution in [3.8, 4) is 5.75 Å². The summed E-state index contributed by atoms with van der Waals surface area (Å²) in [6.45, 7) is 6.78. The summed E-state index contributed by atoms with van der Waals surface area (Å²) in [5.74, 6) is 1.18. The van der Waals surface area contributed by atoms with Crippen LogP contribution in [0.1, 0.15) is 31.9 Å². The Morgan fingerprint density at radius 3 is 2.58 bits per heavy atom. The highest BCUT2D eigenvalue weighted by Crippen LogP contribution is 2.22. The standard InChI is InChI=1S/C19H25NO3S/c1-14(2)11-23-17-6-4-15(5-7-17)10-18(21)20-13-19(3,22)16-8-9-24-12-16/h4-9,12,14,22H,10-11,13H2,1-3H3,(H,20,21). The normalized spacial score (nSPS) is 13.5. The molecule has 1 heterocycles. The lowest BCUT2D eigenvalue weighted by atomic mass is 9.99. The molecule has 130 valence electrons. The van der Waals surface area contributed by atoms with Crippen molar-refractivity contribution in [2.75, 3.05) is 13.2 Å².